The summed E-state index contributed by atoms with van der Waals surface area (Å²) in [4.78, 5) is 14.2. The van der Waals surface area contributed by atoms with Gasteiger partial charge in [-0.3, -0.25) is 4.79 Å². The molecule has 3 atom stereocenters. The lowest BCUT2D eigenvalue weighted by Gasteiger charge is -2.33. The largest absolute Gasteiger partial charge is 0.335 e. The Morgan fingerprint density at radius 3 is 2.80 bits per heavy atom. The Bertz CT molecular complexity index is 275. The summed E-state index contributed by atoms with van der Waals surface area (Å²) in [5.74, 6) is 0.927. The first kappa shape index (κ1) is 10.7. The van der Waals surface area contributed by atoms with E-state index in [1.54, 1.807) is 0 Å². The number of likely N-dealkylation sites (N-methyl/N-ethyl adjacent to an activating group) is 1. The molecule has 1 heterocycles. The third-order valence-electron chi connectivity index (χ3n) is 3.57. The Labute approximate surface area is 91.5 Å². The van der Waals surface area contributed by atoms with Crippen LogP contribution in [0.15, 0.2) is 12.2 Å². The van der Waals surface area contributed by atoms with E-state index in [2.05, 4.69) is 24.4 Å². The standard InChI is InChI=1S/C12H20N2O/c1-9-6-7-14(10-4-3-5-10)12(15)11(8-9)13-2/h3-4,9-11,13H,5-8H2,1-2H3. The lowest BCUT2D eigenvalue weighted by atomic mass is 10.0. The molecule has 1 aliphatic heterocycles. The topological polar surface area (TPSA) is 32.3 Å². The molecule has 0 aromatic heterocycles. The first-order valence-electron chi connectivity index (χ1n) is 5.86. The van der Waals surface area contributed by atoms with Gasteiger partial charge in [-0.25, -0.2) is 0 Å². The molecule has 0 bridgehead atoms. The average molecular weight is 208 g/mol. The van der Waals surface area contributed by atoms with Gasteiger partial charge in [0.2, 0.25) is 5.91 Å². The number of carbonyl (C=O) groups is 1. The van der Waals surface area contributed by atoms with E-state index in [9.17, 15) is 4.79 Å². The van der Waals surface area contributed by atoms with E-state index in [1.165, 1.54) is 0 Å². The highest BCUT2D eigenvalue weighted by Gasteiger charge is 2.32. The third-order valence-corrected chi connectivity index (χ3v) is 3.57. The quantitative estimate of drug-likeness (QED) is 0.691. The van der Waals surface area contributed by atoms with Crippen LogP contribution < -0.4 is 5.32 Å². The van der Waals surface area contributed by atoms with Crippen LogP contribution >= 0.6 is 0 Å². The molecule has 1 fully saturated rings. The SMILES string of the molecule is CNC1CC(C)CCN(C2C=CC2)C1=O. The number of nitrogens with zero attached hydrogens (tertiary/aromatic N) is 1. The molecule has 3 unspecified atom stereocenters. The lowest BCUT2D eigenvalue weighted by Crippen LogP contribution is -2.49. The van der Waals surface area contributed by atoms with Gasteiger partial charge in [-0.2, -0.15) is 0 Å². The number of hydrogen-bond donors (Lipinski definition) is 1. The Kier molecular flexibility index (Phi) is 3.10. The smallest absolute Gasteiger partial charge is 0.240 e. The molecule has 84 valence electrons. The Balaban J connectivity index is 2.09. The van der Waals surface area contributed by atoms with Gasteiger partial charge in [0.05, 0.1) is 12.1 Å². The summed E-state index contributed by atoms with van der Waals surface area (Å²) in [5, 5.41) is 3.14. The molecule has 1 saturated heterocycles. The van der Waals surface area contributed by atoms with Gasteiger partial charge in [-0.05, 0) is 32.2 Å². The van der Waals surface area contributed by atoms with Crippen molar-refractivity contribution in [2.24, 2.45) is 5.92 Å². The molecule has 0 aromatic carbocycles. The van der Waals surface area contributed by atoms with Crippen molar-refractivity contribution in [3.63, 3.8) is 0 Å². The molecule has 15 heavy (non-hydrogen) atoms. The summed E-state index contributed by atoms with van der Waals surface area (Å²) >= 11 is 0. The van der Waals surface area contributed by atoms with Crippen molar-refractivity contribution in [1.82, 2.24) is 10.2 Å². The first-order chi connectivity index (χ1) is 7.22. The summed E-state index contributed by atoms with van der Waals surface area (Å²) in [7, 11) is 1.88. The van der Waals surface area contributed by atoms with Crippen molar-refractivity contribution < 1.29 is 4.79 Å². The van der Waals surface area contributed by atoms with Crippen molar-refractivity contribution in [2.75, 3.05) is 13.6 Å². The maximum Gasteiger partial charge on any atom is 0.240 e. The van der Waals surface area contributed by atoms with Crippen LogP contribution in [0, 0.1) is 5.92 Å². The van der Waals surface area contributed by atoms with Gasteiger partial charge in [0.1, 0.15) is 0 Å². The van der Waals surface area contributed by atoms with Crippen LogP contribution in [0.25, 0.3) is 0 Å². The van der Waals surface area contributed by atoms with Gasteiger partial charge in [0.25, 0.3) is 0 Å². The van der Waals surface area contributed by atoms with Crippen LogP contribution in [0.5, 0.6) is 0 Å². The van der Waals surface area contributed by atoms with E-state index < -0.39 is 0 Å². The van der Waals surface area contributed by atoms with Crippen LogP contribution in [0.4, 0.5) is 0 Å². The average Bonchev–Trinajstić information content (AvgIpc) is 2.28. The fraction of sp³-hybridized carbons (Fsp3) is 0.750. The van der Waals surface area contributed by atoms with E-state index in [-0.39, 0.29) is 11.9 Å². The van der Waals surface area contributed by atoms with Crippen molar-refractivity contribution >= 4 is 5.91 Å². The number of likely N-dealkylation sites (tertiary alicyclic amines) is 1. The minimum absolute atomic E-state index is 0.0245. The van der Waals surface area contributed by atoms with Crippen LogP contribution in [0.1, 0.15) is 26.2 Å². The number of carbonyl (C=O) groups excluding carboxylic acids is 1. The normalized spacial score (nSPS) is 36.3. The Hall–Kier alpha value is -0.830. The maximum absolute atomic E-state index is 12.2. The first-order valence-corrected chi connectivity index (χ1v) is 5.86. The van der Waals surface area contributed by atoms with Gasteiger partial charge in [0.15, 0.2) is 0 Å². The zero-order valence-corrected chi connectivity index (χ0v) is 9.57. The summed E-state index contributed by atoms with van der Waals surface area (Å²) in [6.07, 6.45) is 7.42. The predicted molar refractivity (Wildman–Crippen MR) is 60.5 cm³/mol. The summed E-state index contributed by atoms with van der Waals surface area (Å²) in [6, 6.07) is 0.398. The molecule has 0 spiro atoms. The molecule has 0 aromatic rings. The van der Waals surface area contributed by atoms with Crippen LogP contribution in [0.3, 0.4) is 0 Å². The number of nitrogens with one attached hydrogen (secondary N) is 1. The van der Waals surface area contributed by atoms with Crippen molar-refractivity contribution in [3.8, 4) is 0 Å². The van der Waals surface area contributed by atoms with Crippen molar-refractivity contribution in [2.45, 2.75) is 38.3 Å². The second-order valence-corrected chi connectivity index (χ2v) is 4.73. The zero-order valence-electron chi connectivity index (χ0n) is 9.57. The van der Waals surface area contributed by atoms with Gasteiger partial charge in [0, 0.05) is 6.54 Å². The highest BCUT2D eigenvalue weighted by atomic mass is 16.2. The van der Waals surface area contributed by atoms with E-state index in [4.69, 9.17) is 0 Å². The molecule has 0 saturated carbocycles. The van der Waals surface area contributed by atoms with E-state index in [0.717, 1.165) is 25.8 Å². The number of rotatable bonds is 2. The molecular formula is C12H20N2O. The van der Waals surface area contributed by atoms with Gasteiger partial charge in [-0.15, -0.1) is 0 Å². The Morgan fingerprint density at radius 2 is 2.27 bits per heavy atom. The second-order valence-electron chi connectivity index (χ2n) is 4.73. The lowest BCUT2D eigenvalue weighted by molar-refractivity contribution is -0.134. The van der Waals surface area contributed by atoms with E-state index >= 15 is 0 Å². The monoisotopic (exact) mass is 208 g/mol. The number of amides is 1. The van der Waals surface area contributed by atoms with E-state index in [0.29, 0.717) is 12.0 Å². The molecule has 1 amide bonds. The maximum atomic E-state index is 12.2. The Morgan fingerprint density at radius 1 is 1.53 bits per heavy atom. The van der Waals surface area contributed by atoms with Crippen molar-refractivity contribution in [3.05, 3.63) is 12.2 Å². The molecule has 2 aliphatic rings. The van der Waals surface area contributed by atoms with Crippen molar-refractivity contribution in [1.29, 1.82) is 0 Å². The van der Waals surface area contributed by atoms with Gasteiger partial charge >= 0.3 is 0 Å². The molecular weight excluding hydrogens is 188 g/mol. The predicted octanol–water partition coefficient (Wildman–Crippen LogP) is 1.16. The summed E-state index contributed by atoms with van der Waals surface area (Å²) in [6.45, 7) is 3.16. The van der Waals surface area contributed by atoms with Crippen LogP contribution in [-0.2, 0) is 4.79 Å². The zero-order chi connectivity index (χ0) is 10.8. The highest BCUT2D eigenvalue weighted by molar-refractivity contribution is 5.82. The molecule has 2 rings (SSSR count). The summed E-state index contributed by atoms with van der Waals surface area (Å²) < 4.78 is 0. The van der Waals surface area contributed by atoms with Gasteiger partial charge < -0.3 is 10.2 Å². The third kappa shape index (κ3) is 2.07. The fourth-order valence-corrected chi connectivity index (χ4v) is 2.35. The molecule has 1 aliphatic carbocycles. The highest BCUT2D eigenvalue weighted by Crippen LogP contribution is 2.24. The molecule has 3 nitrogen and oxygen atoms in total. The van der Waals surface area contributed by atoms with Gasteiger partial charge in [-0.1, -0.05) is 19.1 Å². The van der Waals surface area contributed by atoms with Crippen LogP contribution in [0.2, 0.25) is 0 Å². The van der Waals surface area contributed by atoms with E-state index in [1.807, 2.05) is 11.9 Å². The number of hydrogen-bond acceptors (Lipinski definition) is 2. The minimum atomic E-state index is 0.0245. The van der Waals surface area contributed by atoms with Crippen LogP contribution in [-0.4, -0.2) is 36.5 Å². The summed E-state index contributed by atoms with van der Waals surface area (Å²) in [5.41, 5.74) is 0. The molecule has 0 radical (unpaired) electrons. The molecule has 1 N–H and O–H groups in total. The fourth-order valence-electron chi connectivity index (χ4n) is 2.35. The molecule has 3 heteroatoms. The second kappa shape index (κ2) is 4.35. The minimum Gasteiger partial charge on any atom is -0.335 e.